The van der Waals surface area contributed by atoms with Crippen molar-refractivity contribution in [3.8, 4) is 23.0 Å². The van der Waals surface area contributed by atoms with Crippen LogP contribution >= 0.6 is 0 Å². The average Bonchev–Trinajstić information content (AvgIpc) is 2.95. The van der Waals surface area contributed by atoms with Crippen LogP contribution in [0.1, 0.15) is 18.7 Å². The van der Waals surface area contributed by atoms with E-state index in [0.717, 1.165) is 0 Å². The van der Waals surface area contributed by atoms with Gasteiger partial charge in [0.25, 0.3) is 5.89 Å². The largest absolute Gasteiger partial charge is 0.497 e. The van der Waals surface area contributed by atoms with Crippen LogP contribution in [0.5, 0.6) is 11.5 Å². The zero-order valence-corrected chi connectivity index (χ0v) is 11.2. The molecule has 2 N–H and O–H groups in total. The van der Waals surface area contributed by atoms with E-state index in [4.69, 9.17) is 19.7 Å². The number of methoxy groups -OCH3 is 2. The molecule has 0 radical (unpaired) electrons. The van der Waals surface area contributed by atoms with Crippen LogP contribution in [0.3, 0.4) is 0 Å². The summed E-state index contributed by atoms with van der Waals surface area (Å²) in [5.74, 6) is 2.38. The molecule has 19 heavy (non-hydrogen) atoms. The van der Waals surface area contributed by atoms with Gasteiger partial charge in [-0.2, -0.15) is 4.98 Å². The summed E-state index contributed by atoms with van der Waals surface area (Å²) in [6, 6.07) is 5.40. The minimum Gasteiger partial charge on any atom is -0.497 e. The lowest BCUT2D eigenvalue weighted by atomic mass is 10.1. The van der Waals surface area contributed by atoms with Crippen LogP contribution in [0.15, 0.2) is 22.7 Å². The molecule has 0 bridgehead atoms. The number of ether oxygens (including phenoxy) is 2. The molecule has 0 spiro atoms. The van der Waals surface area contributed by atoms with Crippen molar-refractivity contribution in [2.45, 2.75) is 12.8 Å². The van der Waals surface area contributed by atoms with Crippen LogP contribution in [-0.4, -0.2) is 30.9 Å². The lowest BCUT2D eigenvalue weighted by molar-refractivity contribution is 0.394. The van der Waals surface area contributed by atoms with Gasteiger partial charge in [0.1, 0.15) is 11.5 Å². The van der Waals surface area contributed by atoms with Crippen molar-refractivity contribution in [3.63, 3.8) is 0 Å². The monoisotopic (exact) mass is 263 g/mol. The summed E-state index contributed by atoms with van der Waals surface area (Å²) in [5, 5.41) is 3.93. The van der Waals surface area contributed by atoms with Crippen LogP contribution in [0.25, 0.3) is 11.5 Å². The Labute approximate surface area is 111 Å². The van der Waals surface area contributed by atoms with Gasteiger partial charge in [0.05, 0.1) is 19.8 Å². The van der Waals surface area contributed by atoms with Crippen molar-refractivity contribution < 1.29 is 14.0 Å². The quantitative estimate of drug-likeness (QED) is 0.885. The number of rotatable bonds is 5. The highest BCUT2D eigenvalue weighted by molar-refractivity contribution is 5.65. The molecule has 0 aliphatic heterocycles. The maximum Gasteiger partial charge on any atom is 0.261 e. The third kappa shape index (κ3) is 2.68. The fraction of sp³-hybridized carbons (Fsp3) is 0.385. The van der Waals surface area contributed by atoms with Crippen LogP contribution in [0, 0.1) is 0 Å². The van der Waals surface area contributed by atoms with Gasteiger partial charge < -0.3 is 19.7 Å². The highest BCUT2D eigenvalue weighted by Gasteiger charge is 2.17. The maximum atomic E-state index is 5.59. The molecular weight excluding hydrogens is 246 g/mol. The third-order valence-electron chi connectivity index (χ3n) is 2.87. The predicted molar refractivity (Wildman–Crippen MR) is 70.3 cm³/mol. The molecule has 1 unspecified atom stereocenters. The molecule has 1 heterocycles. The van der Waals surface area contributed by atoms with E-state index in [2.05, 4.69) is 10.1 Å². The Balaban J connectivity index is 2.42. The molecule has 2 aromatic rings. The zero-order chi connectivity index (χ0) is 13.8. The van der Waals surface area contributed by atoms with E-state index in [-0.39, 0.29) is 5.92 Å². The molecule has 1 aromatic heterocycles. The maximum absolute atomic E-state index is 5.59. The van der Waals surface area contributed by atoms with Gasteiger partial charge in [-0.05, 0) is 18.2 Å². The van der Waals surface area contributed by atoms with Gasteiger partial charge in [-0.25, -0.2) is 0 Å². The Morgan fingerprint density at radius 3 is 2.74 bits per heavy atom. The summed E-state index contributed by atoms with van der Waals surface area (Å²) in [5.41, 5.74) is 6.29. The van der Waals surface area contributed by atoms with Crippen molar-refractivity contribution in [3.05, 3.63) is 24.0 Å². The molecule has 1 atom stereocenters. The van der Waals surface area contributed by atoms with Gasteiger partial charge in [0.2, 0.25) is 0 Å². The molecule has 2 rings (SSSR count). The van der Waals surface area contributed by atoms with E-state index < -0.39 is 0 Å². The fourth-order valence-electron chi connectivity index (χ4n) is 1.63. The first-order chi connectivity index (χ1) is 9.19. The third-order valence-corrected chi connectivity index (χ3v) is 2.87. The first-order valence-electron chi connectivity index (χ1n) is 5.95. The van der Waals surface area contributed by atoms with E-state index in [1.807, 2.05) is 13.0 Å². The van der Waals surface area contributed by atoms with E-state index in [1.54, 1.807) is 26.4 Å². The molecule has 6 nitrogen and oxygen atoms in total. The smallest absolute Gasteiger partial charge is 0.261 e. The summed E-state index contributed by atoms with van der Waals surface area (Å²) in [6.07, 6.45) is 0. The molecular formula is C13H17N3O3. The van der Waals surface area contributed by atoms with Crippen molar-refractivity contribution in [1.82, 2.24) is 10.1 Å². The summed E-state index contributed by atoms with van der Waals surface area (Å²) in [6.45, 7) is 2.41. The Hall–Kier alpha value is -2.08. The number of hydrogen-bond donors (Lipinski definition) is 1. The predicted octanol–water partition coefficient (Wildman–Crippen LogP) is 1.82. The topological polar surface area (TPSA) is 83.4 Å². The molecule has 102 valence electrons. The minimum absolute atomic E-state index is 0.0501. The van der Waals surface area contributed by atoms with E-state index in [9.17, 15) is 0 Å². The second kappa shape index (κ2) is 5.71. The van der Waals surface area contributed by atoms with Crippen molar-refractivity contribution >= 4 is 0 Å². The van der Waals surface area contributed by atoms with E-state index >= 15 is 0 Å². The van der Waals surface area contributed by atoms with Crippen LogP contribution in [-0.2, 0) is 0 Å². The van der Waals surface area contributed by atoms with Gasteiger partial charge in [-0.1, -0.05) is 12.1 Å². The van der Waals surface area contributed by atoms with Crippen molar-refractivity contribution in [2.75, 3.05) is 20.8 Å². The Bertz CT molecular complexity index is 554. The van der Waals surface area contributed by atoms with Crippen molar-refractivity contribution in [2.24, 2.45) is 5.73 Å². The first-order valence-corrected chi connectivity index (χ1v) is 5.95. The lowest BCUT2D eigenvalue weighted by Crippen LogP contribution is -2.10. The number of hydrogen-bond acceptors (Lipinski definition) is 6. The molecule has 0 fully saturated rings. The molecule has 0 aliphatic rings. The second-order valence-electron chi connectivity index (χ2n) is 4.16. The summed E-state index contributed by atoms with van der Waals surface area (Å²) in [7, 11) is 3.19. The van der Waals surface area contributed by atoms with Gasteiger partial charge >= 0.3 is 0 Å². The summed E-state index contributed by atoms with van der Waals surface area (Å²) < 4.78 is 15.7. The van der Waals surface area contributed by atoms with E-state index in [1.165, 1.54) is 0 Å². The van der Waals surface area contributed by atoms with Gasteiger partial charge in [-0.15, -0.1) is 0 Å². The molecule has 0 aliphatic carbocycles. The Kier molecular flexibility index (Phi) is 4.01. The standard InChI is InChI=1S/C13H17N3O3/c1-8(7-14)12-15-13(19-16-12)10-6-9(17-2)4-5-11(10)18-3/h4-6,8H,7,14H2,1-3H3. The zero-order valence-electron chi connectivity index (χ0n) is 11.2. The van der Waals surface area contributed by atoms with Gasteiger partial charge in [-0.3, -0.25) is 0 Å². The highest BCUT2D eigenvalue weighted by Crippen LogP contribution is 2.32. The van der Waals surface area contributed by atoms with E-state index in [0.29, 0.717) is 35.3 Å². The van der Waals surface area contributed by atoms with Gasteiger partial charge in [0.15, 0.2) is 5.82 Å². The molecule has 0 saturated heterocycles. The van der Waals surface area contributed by atoms with Crippen LogP contribution in [0.4, 0.5) is 0 Å². The molecule has 6 heteroatoms. The fourth-order valence-corrected chi connectivity index (χ4v) is 1.63. The highest BCUT2D eigenvalue weighted by atomic mass is 16.5. The number of benzene rings is 1. The minimum atomic E-state index is 0.0501. The average molecular weight is 263 g/mol. The Morgan fingerprint density at radius 2 is 2.11 bits per heavy atom. The molecule has 1 aromatic carbocycles. The normalized spacial score (nSPS) is 12.2. The SMILES string of the molecule is COc1ccc(OC)c(-c2nc(C(C)CN)no2)c1. The number of aromatic nitrogens is 2. The van der Waals surface area contributed by atoms with Crippen LogP contribution < -0.4 is 15.2 Å². The van der Waals surface area contributed by atoms with Crippen molar-refractivity contribution in [1.29, 1.82) is 0 Å². The van der Waals surface area contributed by atoms with Gasteiger partial charge in [0, 0.05) is 12.5 Å². The second-order valence-corrected chi connectivity index (χ2v) is 4.16. The first kappa shape index (κ1) is 13.4. The summed E-state index contributed by atoms with van der Waals surface area (Å²) >= 11 is 0. The number of nitrogens with two attached hydrogens (primary N) is 1. The summed E-state index contributed by atoms with van der Waals surface area (Å²) in [4.78, 5) is 4.34. The number of nitrogens with zero attached hydrogens (tertiary/aromatic N) is 2. The molecule has 0 amide bonds. The van der Waals surface area contributed by atoms with Crippen LogP contribution in [0.2, 0.25) is 0 Å². The molecule has 0 saturated carbocycles. The Morgan fingerprint density at radius 1 is 1.32 bits per heavy atom. The lowest BCUT2D eigenvalue weighted by Gasteiger charge is -2.06.